The van der Waals surface area contributed by atoms with Crippen molar-refractivity contribution in [1.29, 1.82) is 0 Å². The van der Waals surface area contributed by atoms with Crippen LogP contribution in [-0.4, -0.2) is 94.5 Å². The van der Waals surface area contributed by atoms with Gasteiger partial charge in [-0.05, 0) is 25.1 Å². The van der Waals surface area contributed by atoms with Crippen molar-refractivity contribution in [3.05, 3.63) is 46.1 Å². The van der Waals surface area contributed by atoms with Crippen LogP contribution < -0.4 is 5.43 Å². The number of benzene rings is 2. The number of ether oxygens (including phenoxy) is 2. The average Bonchev–Trinajstić information content (AvgIpc) is 2.87. The maximum Gasteiger partial charge on any atom is 0.308 e. The van der Waals surface area contributed by atoms with Gasteiger partial charge >= 0.3 is 11.9 Å². The molecule has 0 unspecified atom stereocenters. The molecule has 0 saturated carbocycles. The summed E-state index contributed by atoms with van der Waals surface area (Å²) in [5, 5.41) is 90.9. The first-order valence-electron chi connectivity index (χ1n) is 12.4. The molecule has 15 nitrogen and oxygen atoms in total. The van der Waals surface area contributed by atoms with Crippen LogP contribution in [-0.2, 0) is 19.1 Å². The van der Waals surface area contributed by atoms with Gasteiger partial charge in [0.15, 0.2) is 22.5 Å². The number of aliphatic hydroxyl groups is 4. The predicted octanol–water partition coefficient (Wildman–Crippen LogP) is -0.0360. The molecule has 2 aromatic carbocycles. The highest BCUT2D eigenvalue weighted by Crippen LogP contribution is 2.44. The van der Waals surface area contributed by atoms with Gasteiger partial charge in [-0.2, -0.15) is 0 Å². The molecule has 15 heteroatoms. The fourth-order valence-corrected chi connectivity index (χ4v) is 4.67. The Morgan fingerprint density at radius 2 is 1.60 bits per heavy atom. The maximum absolute atomic E-state index is 13.0. The number of carbonyl (C=O) groups excluding carboxylic acids is 1. The minimum absolute atomic E-state index is 0.0993. The van der Waals surface area contributed by atoms with Crippen LogP contribution >= 0.6 is 0 Å². The number of hydrogen-bond donors (Lipinski definition) is 9. The molecular weight excluding hydrogens is 564 g/mol. The summed E-state index contributed by atoms with van der Waals surface area (Å²) >= 11 is 0. The highest BCUT2D eigenvalue weighted by Gasteiger charge is 2.47. The normalized spacial score (nSPS) is 23.8. The summed E-state index contributed by atoms with van der Waals surface area (Å²) < 4.78 is 16.5. The van der Waals surface area contributed by atoms with E-state index in [2.05, 4.69) is 0 Å². The number of aliphatic hydroxyl groups excluding tert-OH is 3. The second kappa shape index (κ2) is 11.5. The zero-order valence-corrected chi connectivity index (χ0v) is 21.9. The van der Waals surface area contributed by atoms with E-state index in [9.17, 15) is 55.2 Å². The molecule has 9 N–H and O–H groups in total. The zero-order chi connectivity index (χ0) is 31.1. The summed E-state index contributed by atoms with van der Waals surface area (Å²) in [4.78, 5) is 36.1. The van der Waals surface area contributed by atoms with E-state index >= 15 is 0 Å². The van der Waals surface area contributed by atoms with Crippen LogP contribution in [0.5, 0.6) is 23.0 Å². The van der Waals surface area contributed by atoms with Gasteiger partial charge in [-0.15, -0.1) is 0 Å². The Morgan fingerprint density at radius 1 is 0.905 bits per heavy atom. The van der Waals surface area contributed by atoms with E-state index in [-0.39, 0.29) is 11.3 Å². The average molecular weight is 593 g/mol. The van der Waals surface area contributed by atoms with E-state index in [4.69, 9.17) is 19.0 Å². The number of hydrogen-bond acceptors (Lipinski definition) is 14. The second-order valence-electron chi connectivity index (χ2n) is 10.2. The van der Waals surface area contributed by atoms with Crippen LogP contribution in [0.1, 0.15) is 31.4 Å². The maximum atomic E-state index is 13.0. The topological polar surface area (TPSA) is 265 Å². The van der Waals surface area contributed by atoms with E-state index < -0.39 is 112 Å². The van der Waals surface area contributed by atoms with E-state index in [0.717, 1.165) is 31.2 Å². The van der Waals surface area contributed by atoms with Gasteiger partial charge in [-0.1, -0.05) is 0 Å². The minimum atomic E-state index is -1.95. The molecule has 0 radical (unpaired) electrons. The largest absolute Gasteiger partial charge is 0.507 e. The molecule has 0 amide bonds. The number of phenolic OH excluding ortho intramolecular Hbond substituents is 4. The number of esters is 1. The van der Waals surface area contributed by atoms with Gasteiger partial charge in [0.25, 0.3) is 0 Å². The highest BCUT2D eigenvalue weighted by molar-refractivity contribution is 5.89. The number of rotatable bonds is 8. The smallest absolute Gasteiger partial charge is 0.308 e. The fourth-order valence-electron chi connectivity index (χ4n) is 4.67. The first kappa shape index (κ1) is 30.5. The van der Waals surface area contributed by atoms with Crippen molar-refractivity contribution in [2.45, 2.75) is 55.9 Å². The summed E-state index contributed by atoms with van der Waals surface area (Å²) in [6.45, 7) is 0.354. The van der Waals surface area contributed by atoms with Crippen molar-refractivity contribution in [3.8, 4) is 34.3 Å². The van der Waals surface area contributed by atoms with Gasteiger partial charge in [0.1, 0.15) is 59.8 Å². The third kappa shape index (κ3) is 6.09. The molecule has 1 fully saturated rings. The Hall–Kier alpha value is -4.41. The van der Waals surface area contributed by atoms with Gasteiger partial charge in [-0.3, -0.25) is 14.4 Å². The number of carbonyl (C=O) groups is 2. The number of carboxylic acid groups (broad SMARTS) is 1. The third-order valence-electron chi connectivity index (χ3n) is 6.72. The number of phenols is 4. The minimum Gasteiger partial charge on any atom is -0.507 e. The summed E-state index contributed by atoms with van der Waals surface area (Å²) in [5.41, 5.74) is -3.59. The lowest BCUT2D eigenvalue weighted by Gasteiger charge is -2.40. The quantitative estimate of drug-likeness (QED) is 0.123. The third-order valence-corrected chi connectivity index (χ3v) is 6.72. The molecule has 42 heavy (non-hydrogen) atoms. The summed E-state index contributed by atoms with van der Waals surface area (Å²) in [6.07, 6.45) is -10.5. The Morgan fingerprint density at radius 3 is 2.24 bits per heavy atom. The molecule has 226 valence electrons. The molecule has 2 heterocycles. The Labute approximate surface area is 235 Å². The van der Waals surface area contributed by atoms with Crippen molar-refractivity contribution in [3.63, 3.8) is 0 Å². The second-order valence-corrected chi connectivity index (χ2v) is 10.2. The Bertz CT molecular complexity index is 1580. The van der Waals surface area contributed by atoms with Crippen LogP contribution in [0.3, 0.4) is 0 Å². The number of carboxylic acids is 1. The van der Waals surface area contributed by atoms with Gasteiger partial charge in [0.05, 0.1) is 24.0 Å². The van der Waals surface area contributed by atoms with Crippen molar-refractivity contribution in [2.24, 2.45) is 0 Å². The van der Waals surface area contributed by atoms with Crippen molar-refractivity contribution < 1.29 is 69.4 Å². The molecule has 0 bridgehead atoms. The first-order valence-corrected chi connectivity index (χ1v) is 12.4. The van der Waals surface area contributed by atoms with Crippen molar-refractivity contribution in [1.82, 2.24) is 0 Å². The lowest BCUT2D eigenvalue weighted by Crippen LogP contribution is -2.55. The Kier molecular flexibility index (Phi) is 8.34. The van der Waals surface area contributed by atoms with Gasteiger partial charge in [0.2, 0.25) is 0 Å². The Balaban J connectivity index is 1.71. The highest BCUT2D eigenvalue weighted by atomic mass is 16.6. The van der Waals surface area contributed by atoms with E-state index in [1.54, 1.807) is 0 Å². The molecular formula is C27H28O15. The summed E-state index contributed by atoms with van der Waals surface area (Å²) in [7, 11) is 0. The molecule has 0 aliphatic carbocycles. The van der Waals surface area contributed by atoms with Gasteiger partial charge < -0.3 is 59.8 Å². The molecule has 1 aromatic heterocycles. The molecule has 6 atom stereocenters. The van der Waals surface area contributed by atoms with E-state index in [0.29, 0.717) is 0 Å². The monoisotopic (exact) mass is 592 g/mol. The standard InChI is InChI=1S/C27H28O15/c1-27(39,7-18(33)34)8-19(35)40-9-17-22(36)23(37)24(38)26(42-17)21-14(31)5-13(30)20-15(32)6-16(41-25(20)21)10-2-3-11(28)12(29)4-10/h2-6,17,22-24,26,28-31,36-39H,7-9H2,1H3,(H,33,34)/t17-,22+,23-,24+,26-,27-/m0/s1. The van der Waals surface area contributed by atoms with Crippen molar-refractivity contribution >= 4 is 22.9 Å². The zero-order valence-electron chi connectivity index (χ0n) is 21.9. The van der Waals surface area contributed by atoms with E-state index in [1.165, 1.54) is 6.07 Å². The fraction of sp³-hybridized carbons (Fsp3) is 0.370. The number of fused-ring (bicyclic) bond motifs is 1. The van der Waals surface area contributed by atoms with Crippen LogP contribution in [0.25, 0.3) is 22.3 Å². The predicted molar refractivity (Wildman–Crippen MR) is 139 cm³/mol. The van der Waals surface area contributed by atoms with E-state index in [1.807, 2.05) is 0 Å². The molecule has 1 aliphatic rings. The molecule has 1 aliphatic heterocycles. The number of aromatic hydroxyl groups is 4. The number of aliphatic carboxylic acids is 1. The first-order chi connectivity index (χ1) is 19.6. The van der Waals surface area contributed by atoms with Gasteiger partial charge in [-0.25, -0.2) is 0 Å². The molecule has 4 rings (SSSR count). The SMILES string of the molecule is C[C@](O)(CC(=O)O)CC(=O)OC[C@@H]1O[C@@H](c2c(O)cc(O)c3c(=O)cc(-c4ccc(O)c(O)c4)oc23)[C@H](O)[C@@H](O)[C@@H]1O. The van der Waals surface area contributed by atoms with Gasteiger partial charge in [0, 0.05) is 17.7 Å². The molecule has 3 aromatic rings. The van der Waals surface area contributed by atoms with Crippen LogP contribution in [0, 0.1) is 0 Å². The van der Waals surface area contributed by atoms with Crippen molar-refractivity contribution in [2.75, 3.05) is 6.61 Å². The van der Waals surface area contributed by atoms with Crippen LogP contribution in [0.2, 0.25) is 0 Å². The van der Waals surface area contributed by atoms with Crippen LogP contribution in [0.4, 0.5) is 0 Å². The molecule has 0 spiro atoms. The summed E-state index contributed by atoms with van der Waals surface area (Å²) in [6, 6.07) is 5.23. The summed E-state index contributed by atoms with van der Waals surface area (Å²) in [5.74, 6) is -5.08. The lowest BCUT2D eigenvalue weighted by atomic mass is 9.89. The molecule has 1 saturated heterocycles. The van der Waals surface area contributed by atoms with Crippen LogP contribution in [0.15, 0.2) is 39.5 Å². The lowest BCUT2D eigenvalue weighted by molar-refractivity contribution is -0.235.